The first-order chi connectivity index (χ1) is 10.1. The summed E-state index contributed by atoms with van der Waals surface area (Å²) in [5, 5.41) is 2.74. The van der Waals surface area contributed by atoms with Gasteiger partial charge in [0.2, 0.25) is 0 Å². The first-order valence-electron chi connectivity index (χ1n) is 6.59. The van der Waals surface area contributed by atoms with Crippen LogP contribution in [0, 0.1) is 6.92 Å². The maximum absolute atomic E-state index is 12.4. The van der Waals surface area contributed by atoms with Gasteiger partial charge in [-0.2, -0.15) is 0 Å². The Balaban J connectivity index is 1.95. The predicted molar refractivity (Wildman–Crippen MR) is 82.1 cm³/mol. The molecule has 5 nitrogen and oxygen atoms in total. The number of hydrogen-bond donors (Lipinski definition) is 2. The highest BCUT2D eigenvalue weighted by atomic mass is 31.2. The molecule has 0 heterocycles. The third kappa shape index (κ3) is 4.77. The summed E-state index contributed by atoms with van der Waals surface area (Å²) in [7, 11) is -3.52. The summed E-state index contributed by atoms with van der Waals surface area (Å²) in [6.45, 7) is 2.48. The largest absolute Gasteiger partial charge is 0.422 e. The van der Waals surface area contributed by atoms with Crippen LogP contribution in [0.25, 0.3) is 0 Å². The van der Waals surface area contributed by atoms with Crippen LogP contribution in [0.4, 0.5) is 0 Å². The molecule has 0 aliphatic rings. The molecule has 0 aliphatic carbocycles. The van der Waals surface area contributed by atoms with Crippen molar-refractivity contribution in [3.8, 4) is 0 Å². The van der Waals surface area contributed by atoms with Crippen LogP contribution in [0.2, 0.25) is 0 Å². The van der Waals surface area contributed by atoms with E-state index in [9.17, 15) is 4.57 Å². The van der Waals surface area contributed by atoms with Gasteiger partial charge in [-0.1, -0.05) is 54.6 Å². The zero-order valence-electron chi connectivity index (χ0n) is 11.9. The zero-order valence-corrected chi connectivity index (χ0v) is 12.8. The second-order valence-corrected chi connectivity index (χ2v) is 6.40. The summed E-state index contributed by atoms with van der Waals surface area (Å²) in [5.74, 6) is 5.12. The molecule has 21 heavy (non-hydrogen) atoms. The molecule has 1 unspecified atom stereocenters. The molecule has 2 aromatic rings. The van der Waals surface area contributed by atoms with Crippen LogP contribution >= 0.6 is 7.75 Å². The number of benzene rings is 2. The first kappa shape index (κ1) is 15.9. The summed E-state index contributed by atoms with van der Waals surface area (Å²) in [6.07, 6.45) is 0. The van der Waals surface area contributed by atoms with E-state index in [1.807, 2.05) is 61.5 Å². The molecule has 0 saturated carbocycles. The molecule has 6 heteroatoms. The minimum absolute atomic E-state index is 0.170. The van der Waals surface area contributed by atoms with Crippen molar-refractivity contribution in [2.45, 2.75) is 20.1 Å². The summed E-state index contributed by atoms with van der Waals surface area (Å²) in [6, 6.07) is 17.3. The van der Waals surface area contributed by atoms with Crippen LogP contribution in [-0.4, -0.2) is 0 Å². The van der Waals surface area contributed by atoms with Crippen LogP contribution in [0.1, 0.15) is 16.7 Å². The van der Waals surface area contributed by atoms with Crippen LogP contribution in [0.5, 0.6) is 0 Å². The molecule has 0 aromatic heterocycles. The number of nitrogens with two attached hydrogens (primary N) is 1. The van der Waals surface area contributed by atoms with Crippen LogP contribution in [0.15, 0.2) is 54.6 Å². The third-order valence-electron chi connectivity index (χ3n) is 3.11. The molecule has 2 rings (SSSR count). The molecular weight excluding hydrogens is 287 g/mol. The van der Waals surface area contributed by atoms with Gasteiger partial charge in [-0.05, 0) is 23.6 Å². The van der Waals surface area contributed by atoms with E-state index in [4.69, 9.17) is 10.4 Å². The Bertz CT molecular complexity index is 619. The fourth-order valence-electron chi connectivity index (χ4n) is 1.82. The number of hydrogen-bond acceptors (Lipinski definition) is 4. The number of aryl methyl sites for hydroxylation is 1. The van der Waals surface area contributed by atoms with Gasteiger partial charge >= 0.3 is 7.75 Å². The number of nitrogens with one attached hydrogen (secondary N) is 1. The predicted octanol–water partition coefficient (Wildman–Crippen LogP) is 3.30. The van der Waals surface area contributed by atoms with Crippen molar-refractivity contribution in [2.24, 2.45) is 5.90 Å². The molecule has 0 bridgehead atoms. The summed E-state index contributed by atoms with van der Waals surface area (Å²) < 4.78 is 22.3. The van der Waals surface area contributed by atoms with E-state index >= 15 is 0 Å². The highest BCUT2D eigenvalue weighted by molar-refractivity contribution is 7.51. The van der Waals surface area contributed by atoms with Gasteiger partial charge in [0.15, 0.2) is 0 Å². The van der Waals surface area contributed by atoms with Crippen LogP contribution in [0.3, 0.4) is 0 Å². The van der Waals surface area contributed by atoms with Crippen LogP contribution in [-0.2, 0) is 26.9 Å². The highest BCUT2D eigenvalue weighted by Crippen LogP contribution is 2.43. The van der Waals surface area contributed by atoms with E-state index < -0.39 is 7.75 Å². The molecule has 0 spiro atoms. The molecule has 0 amide bonds. The first-order valence-corrected chi connectivity index (χ1v) is 8.14. The maximum Gasteiger partial charge on any atom is 0.422 e. The number of rotatable bonds is 7. The Morgan fingerprint density at radius 3 is 2.43 bits per heavy atom. The molecule has 0 saturated heterocycles. The quantitative estimate of drug-likeness (QED) is 0.606. The van der Waals surface area contributed by atoms with Gasteiger partial charge in [0.1, 0.15) is 0 Å². The Morgan fingerprint density at radius 2 is 1.76 bits per heavy atom. The van der Waals surface area contributed by atoms with Crippen molar-refractivity contribution in [3.05, 3.63) is 71.3 Å². The molecule has 2 aromatic carbocycles. The molecule has 0 aliphatic heterocycles. The average molecular weight is 306 g/mol. The average Bonchev–Trinajstić information content (AvgIpc) is 2.53. The van der Waals surface area contributed by atoms with E-state index in [0.717, 1.165) is 16.7 Å². The molecule has 3 N–H and O–H groups in total. The Kier molecular flexibility index (Phi) is 5.67. The van der Waals surface area contributed by atoms with Gasteiger partial charge in [0.05, 0.1) is 6.61 Å². The molecule has 0 fully saturated rings. The minimum Gasteiger partial charge on any atom is -0.291 e. The third-order valence-corrected chi connectivity index (χ3v) is 4.40. The van der Waals surface area contributed by atoms with E-state index in [0.29, 0.717) is 6.54 Å². The van der Waals surface area contributed by atoms with E-state index in [1.54, 1.807) is 0 Å². The topological polar surface area (TPSA) is 73.6 Å². The fourth-order valence-corrected chi connectivity index (χ4v) is 2.74. The Morgan fingerprint density at radius 1 is 1.10 bits per heavy atom. The van der Waals surface area contributed by atoms with Crippen molar-refractivity contribution in [3.63, 3.8) is 0 Å². The van der Waals surface area contributed by atoms with E-state index in [2.05, 4.69) is 9.71 Å². The van der Waals surface area contributed by atoms with Crippen LogP contribution < -0.4 is 11.0 Å². The van der Waals surface area contributed by atoms with Gasteiger partial charge in [-0.15, -0.1) is 0 Å². The van der Waals surface area contributed by atoms with Gasteiger partial charge in [-0.25, -0.2) is 20.2 Å². The van der Waals surface area contributed by atoms with Gasteiger partial charge in [0.25, 0.3) is 0 Å². The van der Waals surface area contributed by atoms with Crippen molar-refractivity contribution < 1.29 is 13.7 Å². The van der Waals surface area contributed by atoms with Crippen molar-refractivity contribution in [1.82, 2.24) is 5.09 Å². The highest BCUT2D eigenvalue weighted by Gasteiger charge is 2.23. The maximum atomic E-state index is 12.4. The van der Waals surface area contributed by atoms with Crippen molar-refractivity contribution in [1.29, 1.82) is 0 Å². The lowest BCUT2D eigenvalue weighted by molar-refractivity contribution is 0.191. The molecule has 0 radical (unpaired) electrons. The van der Waals surface area contributed by atoms with Gasteiger partial charge in [-0.3, -0.25) is 4.52 Å². The lowest BCUT2D eigenvalue weighted by atomic mass is 10.1. The lowest BCUT2D eigenvalue weighted by Gasteiger charge is -2.17. The van der Waals surface area contributed by atoms with Crippen molar-refractivity contribution in [2.75, 3.05) is 0 Å². The molecule has 1 atom stereocenters. The van der Waals surface area contributed by atoms with E-state index in [-0.39, 0.29) is 6.61 Å². The van der Waals surface area contributed by atoms with E-state index in [1.165, 1.54) is 0 Å². The summed E-state index contributed by atoms with van der Waals surface area (Å²) in [4.78, 5) is 0. The smallest absolute Gasteiger partial charge is 0.291 e. The Labute approximate surface area is 124 Å². The minimum atomic E-state index is -3.52. The normalized spacial score (nSPS) is 13.8. The summed E-state index contributed by atoms with van der Waals surface area (Å²) in [5.41, 5.74) is 2.97. The fraction of sp³-hybridized carbons (Fsp3) is 0.200. The molecular formula is C15H19N2O3P. The monoisotopic (exact) mass is 306 g/mol. The van der Waals surface area contributed by atoms with Gasteiger partial charge < -0.3 is 0 Å². The zero-order chi connectivity index (χ0) is 15.1. The Hall–Kier alpha value is -1.49. The SMILES string of the molecule is Cc1ccccc1COP(=O)(NCc1ccccc1)ON. The van der Waals surface area contributed by atoms with Crippen molar-refractivity contribution >= 4 is 7.75 Å². The summed E-state index contributed by atoms with van der Waals surface area (Å²) >= 11 is 0. The standard InChI is InChI=1S/C15H19N2O3P/c1-13-7-5-6-10-15(13)12-19-21(18,20-16)17-11-14-8-3-2-4-9-14/h2-10H,11-12,16H2,1H3,(H,17,18). The second-order valence-electron chi connectivity index (χ2n) is 4.62. The molecule has 112 valence electrons. The lowest BCUT2D eigenvalue weighted by Crippen LogP contribution is -2.17. The second kappa shape index (κ2) is 7.50. The van der Waals surface area contributed by atoms with Gasteiger partial charge in [0, 0.05) is 6.54 Å².